The van der Waals surface area contributed by atoms with Gasteiger partial charge in [-0.3, -0.25) is 0 Å². The summed E-state index contributed by atoms with van der Waals surface area (Å²) in [7, 11) is 0. The second-order valence-electron chi connectivity index (χ2n) is 2.44. The molecule has 0 unspecified atom stereocenters. The van der Waals surface area contributed by atoms with E-state index in [1.807, 2.05) is 12.2 Å². The molecule has 0 N–H and O–H groups in total. The van der Waals surface area contributed by atoms with E-state index < -0.39 is 0 Å². The third-order valence-electron chi connectivity index (χ3n) is 1.36. The average molecular weight is 208 g/mol. The third kappa shape index (κ3) is 7.45. The molecule has 0 aromatic carbocycles. The molecule has 0 saturated carbocycles. The topological polar surface area (TPSA) is 0 Å². The number of unbranched alkanes of at least 4 members (excludes halogenated alkanes) is 1. The Kier molecular flexibility index (Phi) is 9.04. The van der Waals surface area contributed by atoms with Gasteiger partial charge < -0.3 is 0 Å². The van der Waals surface area contributed by atoms with E-state index in [0.717, 1.165) is 12.8 Å². The Bertz CT molecular complexity index is 279. The minimum absolute atomic E-state index is 0.207. The van der Waals surface area contributed by atoms with Crippen LogP contribution in [-0.2, 0) is 0 Å². The lowest BCUT2D eigenvalue weighted by molar-refractivity contribution is 0.944. The first-order valence-electron chi connectivity index (χ1n) is 4.24. The molecule has 0 amide bonds. The van der Waals surface area contributed by atoms with Gasteiger partial charge in [0.2, 0.25) is 0 Å². The predicted molar refractivity (Wildman–Crippen MR) is 63.3 cm³/mol. The molecule has 0 rings (SSSR count). The van der Waals surface area contributed by atoms with E-state index in [2.05, 4.69) is 12.5 Å². The Balaban J connectivity index is 4.08. The third-order valence-corrected chi connectivity index (χ3v) is 1.81. The first-order chi connectivity index (χ1) is 6.85. The molecule has 0 aromatic rings. The van der Waals surface area contributed by atoms with Gasteiger partial charge in [-0.1, -0.05) is 24.1 Å². The molecule has 0 aliphatic heterocycles. The van der Waals surface area contributed by atoms with Gasteiger partial charge in [0, 0.05) is 4.91 Å². The van der Waals surface area contributed by atoms with Gasteiger partial charge in [0.05, 0.1) is 12.1 Å². The molecule has 0 saturated heterocycles. The van der Waals surface area contributed by atoms with Gasteiger partial charge in [-0.2, -0.15) is 3.89 Å². The minimum atomic E-state index is 0.207. The van der Waals surface area contributed by atoms with Crippen molar-refractivity contribution in [2.24, 2.45) is 0 Å². The van der Waals surface area contributed by atoms with Crippen molar-refractivity contribution in [3.05, 3.63) is 47.9 Å². The molecule has 0 spiro atoms. The van der Waals surface area contributed by atoms with Crippen molar-refractivity contribution >= 4 is 12.1 Å². The van der Waals surface area contributed by atoms with Crippen LogP contribution in [0.4, 0.5) is 3.89 Å². The van der Waals surface area contributed by atoms with Crippen LogP contribution in [0.3, 0.4) is 0 Å². The molecule has 0 aliphatic carbocycles. The Morgan fingerprint density at radius 2 is 2.29 bits per heavy atom. The number of hydrogen-bond acceptors (Lipinski definition) is 1. The SMILES string of the molecule is C#C/C=C/C=C(\C=C/CCC=C)SF. The normalized spacial score (nSPS) is 12.1. The summed E-state index contributed by atoms with van der Waals surface area (Å²) in [6.45, 7) is 3.60. The molecule has 0 aliphatic rings. The van der Waals surface area contributed by atoms with E-state index in [4.69, 9.17) is 6.42 Å². The van der Waals surface area contributed by atoms with Crippen LogP contribution < -0.4 is 0 Å². The summed E-state index contributed by atoms with van der Waals surface area (Å²) < 4.78 is 12.3. The maximum atomic E-state index is 12.3. The van der Waals surface area contributed by atoms with Crippen molar-refractivity contribution in [3.63, 3.8) is 0 Å². The summed E-state index contributed by atoms with van der Waals surface area (Å²) in [5.41, 5.74) is 0. The van der Waals surface area contributed by atoms with Crippen LogP contribution in [0.5, 0.6) is 0 Å². The summed E-state index contributed by atoms with van der Waals surface area (Å²) in [5, 5.41) is 0. The molecule has 74 valence electrons. The van der Waals surface area contributed by atoms with Crippen LogP contribution >= 0.6 is 12.1 Å². The summed E-state index contributed by atoms with van der Waals surface area (Å²) in [4.78, 5) is 0.542. The number of hydrogen-bond donors (Lipinski definition) is 0. The van der Waals surface area contributed by atoms with Gasteiger partial charge in [0.25, 0.3) is 0 Å². The van der Waals surface area contributed by atoms with Crippen LogP contribution in [0.15, 0.2) is 47.9 Å². The van der Waals surface area contributed by atoms with E-state index in [9.17, 15) is 3.89 Å². The summed E-state index contributed by atoms with van der Waals surface area (Å²) >= 11 is 0.207. The first kappa shape index (κ1) is 12.8. The molecule has 0 aromatic heterocycles. The van der Waals surface area contributed by atoms with Crippen molar-refractivity contribution in [2.45, 2.75) is 12.8 Å². The maximum Gasteiger partial charge on any atom is 0.0812 e. The van der Waals surface area contributed by atoms with E-state index in [-0.39, 0.29) is 12.1 Å². The van der Waals surface area contributed by atoms with Crippen LogP contribution in [0.25, 0.3) is 0 Å². The fourth-order valence-electron chi connectivity index (χ4n) is 0.719. The maximum absolute atomic E-state index is 12.3. The van der Waals surface area contributed by atoms with Crippen molar-refractivity contribution in [2.75, 3.05) is 0 Å². The zero-order chi connectivity index (χ0) is 10.6. The van der Waals surface area contributed by atoms with E-state index >= 15 is 0 Å². The summed E-state index contributed by atoms with van der Waals surface area (Å²) in [6, 6.07) is 0. The van der Waals surface area contributed by atoms with Crippen molar-refractivity contribution in [3.8, 4) is 12.3 Å². The van der Waals surface area contributed by atoms with E-state index in [0.29, 0.717) is 4.91 Å². The van der Waals surface area contributed by atoms with Gasteiger partial charge in [-0.15, -0.1) is 13.0 Å². The lowest BCUT2D eigenvalue weighted by Gasteiger charge is -1.90. The zero-order valence-corrected chi connectivity index (χ0v) is 8.77. The second kappa shape index (κ2) is 9.88. The van der Waals surface area contributed by atoms with E-state index in [1.165, 1.54) is 6.08 Å². The molecule has 0 bridgehead atoms. The fourth-order valence-corrected chi connectivity index (χ4v) is 0.997. The van der Waals surface area contributed by atoms with Gasteiger partial charge in [0.15, 0.2) is 0 Å². The fraction of sp³-hybridized carbons (Fsp3) is 0.167. The Hall–Kier alpha value is -1.20. The standard InChI is InChI=1S/C12H13FS/c1-3-5-7-9-11-12(14-13)10-8-6-4-2/h2-3,6,8-11H,1,5,7H2/b8-6+,11-9-,12-10+. The Labute approximate surface area is 89.6 Å². The Morgan fingerprint density at radius 1 is 1.50 bits per heavy atom. The van der Waals surface area contributed by atoms with E-state index in [1.54, 1.807) is 18.2 Å². The monoisotopic (exact) mass is 208 g/mol. The Morgan fingerprint density at radius 3 is 2.86 bits per heavy atom. The first-order valence-corrected chi connectivity index (χ1v) is 4.95. The summed E-state index contributed by atoms with van der Waals surface area (Å²) in [5.74, 6) is 2.33. The number of terminal acetylenes is 1. The minimum Gasteiger partial charge on any atom is -0.160 e. The molecular formula is C12H13FS. The molecule has 2 heteroatoms. The molecule has 0 fully saturated rings. The molecule has 0 atom stereocenters. The van der Waals surface area contributed by atoms with Crippen LogP contribution in [0.1, 0.15) is 12.8 Å². The average Bonchev–Trinajstić information content (AvgIpc) is 2.22. The largest absolute Gasteiger partial charge is 0.160 e. The molecular weight excluding hydrogens is 195 g/mol. The lowest BCUT2D eigenvalue weighted by atomic mass is 10.3. The second-order valence-corrected chi connectivity index (χ2v) is 3.07. The van der Waals surface area contributed by atoms with Crippen LogP contribution in [-0.4, -0.2) is 0 Å². The van der Waals surface area contributed by atoms with Crippen LogP contribution in [0, 0.1) is 12.3 Å². The number of rotatable bonds is 6. The van der Waals surface area contributed by atoms with Crippen molar-refractivity contribution in [1.29, 1.82) is 0 Å². The van der Waals surface area contributed by atoms with Gasteiger partial charge in [-0.25, -0.2) is 0 Å². The quantitative estimate of drug-likeness (QED) is 0.273. The molecule has 0 nitrogen and oxygen atoms in total. The van der Waals surface area contributed by atoms with Crippen molar-refractivity contribution in [1.82, 2.24) is 0 Å². The summed E-state index contributed by atoms with van der Waals surface area (Å²) in [6.07, 6.45) is 17.0. The van der Waals surface area contributed by atoms with Gasteiger partial charge >= 0.3 is 0 Å². The number of allylic oxidation sites excluding steroid dienone is 6. The highest BCUT2D eigenvalue weighted by atomic mass is 32.2. The van der Waals surface area contributed by atoms with Crippen molar-refractivity contribution < 1.29 is 3.89 Å². The van der Waals surface area contributed by atoms with Gasteiger partial charge in [-0.05, 0) is 31.1 Å². The molecule has 14 heavy (non-hydrogen) atoms. The highest BCUT2D eigenvalue weighted by Gasteiger charge is 1.88. The highest BCUT2D eigenvalue weighted by Crippen LogP contribution is 2.18. The smallest absolute Gasteiger partial charge is 0.0812 e. The zero-order valence-electron chi connectivity index (χ0n) is 7.95. The number of halogens is 1. The molecule has 0 radical (unpaired) electrons. The molecule has 0 heterocycles. The predicted octanol–water partition coefficient (Wildman–Crippen LogP) is 4.20. The van der Waals surface area contributed by atoms with Gasteiger partial charge in [0.1, 0.15) is 0 Å². The highest BCUT2D eigenvalue weighted by molar-refractivity contribution is 7.98. The van der Waals surface area contributed by atoms with Crippen LogP contribution in [0.2, 0.25) is 0 Å². The lowest BCUT2D eigenvalue weighted by Crippen LogP contribution is -1.67.